The molecule has 0 aromatic carbocycles. The highest BCUT2D eigenvalue weighted by atomic mass is 14.1. The van der Waals surface area contributed by atoms with Crippen LogP contribution < -0.4 is 0 Å². The van der Waals surface area contributed by atoms with Gasteiger partial charge in [0.15, 0.2) is 0 Å². The van der Waals surface area contributed by atoms with E-state index in [1.54, 1.807) is 0 Å². The van der Waals surface area contributed by atoms with Gasteiger partial charge in [0.2, 0.25) is 0 Å². The third-order valence-electron chi connectivity index (χ3n) is 1.46. The van der Waals surface area contributed by atoms with Crippen LogP contribution in [-0.2, 0) is 0 Å². The molecule has 0 N–H and O–H groups in total. The van der Waals surface area contributed by atoms with Gasteiger partial charge >= 0.3 is 0 Å². The van der Waals surface area contributed by atoms with Crippen LogP contribution in [0, 0.1) is 18.8 Å². The van der Waals surface area contributed by atoms with Crippen molar-refractivity contribution < 1.29 is 0 Å². The summed E-state index contributed by atoms with van der Waals surface area (Å²) in [7, 11) is 0. The van der Waals surface area contributed by atoms with Crippen LogP contribution in [0.15, 0.2) is 0 Å². The molecule has 0 atom stereocenters. The molecule has 0 fully saturated rings. The minimum atomic E-state index is 0.404. The van der Waals surface area contributed by atoms with Gasteiger partial charge in [0.25, 0.3) is 0 Å². The third-order valence-corrected chi connectivity index (χ3v) is 1.46. The highest BCUT2D eigenvalue weighted by Crippen LogP contribution is 2.20. The van der Waals surface area contributed by atoms with Gasteiger partial charge in [0, 0.05) is 0 Å². The van der Waals surface area contributed by atoms with Crippen LogP contribution in [-0.4, -0.2) is 0 Å². The number of unbranched alkanes of at least 4 members (excludes halogenated alkanes) is 3. The Morgan fingerprint density at radius 1 is 1.20 bits per heavy atom. The Bertz CT molecular complexity index is 66.6. The maximum Gasteiger partial charge on any atom is -0.0332 e. The molecule has 0 unspecified atom stereocenters. The predicted molar refractivity (Wildman–Crippen MR) is 47.6 cm³/mol. The Labute approximate surface area is 66.0 Å². The van der Waals surface area contributed by atoms with Crippen molar-refractivity contribution in [1.82, 2.24) is 0 Å². The summed E-state index contributed by atoms with van der Waals surface area (Å²) in [5.74, 6) is 0. The first-order chi connectivity index (χ1) is 4.56. The number of hydrogen-bond donors (Lipinski definition) is 0. The minimum Gasteiger partial charge on any atom is -0.0599 e. The van der Waals surface area contributed by atoms with E-state index in [-0.39, 0.29) is 0 Å². The molecular weight excluding hydrogens is 120 g/mol. The molecule has 0 heterocycles. The van der Waals surface area contributed by atoms with Crippen molar-refractivity contribution in [2.24, 2.45) is 5.41 Å². The summed E-state index contributed by atoms with van der Waals surface area (Å²) in [5, 5.41) is 0. The fraction of sp³-hybridized carbons (Fsp3) is 0.800. The van der Waals surface area contributed by atoms with Gasteiger partial charge in [-0.05, 0) is 18.3 Å². The van der Waals surface area contributed by atoms with Gasteiger partial charge in [-0.1, -0.05) is 47.0 Å². The average Bonchev–Trinajstić information content (AvgIpc) is 1.78. The van der Waals surface area contributed by atoms with Crippen LogP contribution in [0.5, 0.6) is 0 Å². The Morgan fingerprint density at radius 2 is 1.80 bits per heavy atom. The molecule has 0 aromatic rings. The molecule has 0 amide bonds. The second kappa shape index (κ2) is 4.76. The van der Waals surface area contributed by atoms with Crippen LogP contribution in [0.2, 0.25) is 0 Å². The van der Waals surface area contributed by atoms with E-state index in [0.29, 0.717) is 5.41 Å². The zero-order valence-corrected chi connectivity index (χ0v) is 7.61. The summed E-state index contributed by atoms with van der Waals surface area (Å²) in [6.07, 6.45) is 7.30. The second-order valence-corrected chi connectivity index (χ2v) is 3.92. The monoisotopic (exact) mass is 140 g/mol. The Balaban J connectivity index is 3.04. The quantitative estimate of drug-likeness (QED) is 0.523. The summed E-state index contributed by atoms with van der Waals surface area (Å²) < 4.78 is 0. The van der Waals surface area contributed by atoms with Gasteiger partial charge in [-0.3, -0.25) is 0 Å². The van der Waals surface area contributed by atoms with Crippen LogP contribution in [0.3, 0.4) is 0 Å². The van der Waals surface area contributed by atoms with Gasteiger partial charge in [-0.15, -0.1) is 0 Å². The molecule has 0 aliphatic heterocycles. The molecule has 0 aromatic heterocycles. The molecule has 60 valence electrons. The first kappa shape index (κ1) is 10.0. The maximum atomic E-state index is 3.81. The van der Waals surface area contributed by atoms with E-state index >= 15 is 0 Å². The Kier molecular flexibility index (Phi) is 4.76. The van der Waals surface area contributed by atoms with Crippen molar-refractivity contribution in [2.45, 2.75) is 46.5 Å². The molecule has 0 spiro atoms. The first-order valence-electron chi connectivity index (χ1n) is 4.20. The maximum absolute atomic E-state index is 3.81. The van der Waals surface area contributed by atoms with Gasteiger partial charge in [-0.25, -0.2) is 0 Å². The molecular formula is C10H20. The highest BCUT2D eigenvalue weighted by Gasteiger charge is 2.08. The molecule has 0 heteroatoms. The topological polar surface area (TPSA) is 0 Å². The standard InChI is InChI=1S/C10H20/c1-5-6-7-8-9-10(2,3)4/h9H,1,5-8H2,2-4H3. The molecule has 0 rings (SSSR count). The van der Waals surface area contributed by atoms with Crippen molar-refractivity contribution >= 4 is 0 Å². The lowest BCUT2D eigenvalue weighted by Crippen LogP contribution is -2.04. The normalized spacial score (nSPS) is 12.0. The van der Waals surface area contributed by atoms with Crippen molar-refractivity contribution in [3.8, 4) is 0 Å². The largest absolute Gasteiger partial charge is 0.0599 e. The Morgan fingerprint density at radius 3 is 2.20 bits per heavy atom. The van der Waals surface area contributed by atoms with E-state index in [1.165, 1.54) is 19.3 Å². The highest BCUT2D eigenvalue weighted by molar-refractivity contribution is 4.79. The molecule has 2 radical (unpaired) electrons. The summed E-state index contributed by atoms with van der Waals surface area (Å²) in [5.41, 5.74) is 0.404. The lowest BCUT2D eigenvalue weighted by Gasteiger charge is -2.16. The third kappa shape index (κ3) is 8.00. The average molecular weight is 140 g/mol. The molecule has 0 bridgehead atoms. The zero-order chi connectivity index (χ0) is 8.04. The van der Waals surface area contributed by atoms with E-state index in [2.05, 4.69) is 34.1 Å². The van der Waals surface area contributed by atoms with Gasteiger partial charge < -0.3 is 0 Å². The molecule has 0 nitrogen and oxygen atoms in total. The summed E-state index contributed by atoms with van der Waals surface area (Å²) in [6, 6.07) is 0. The smallest absolute Gasteiger partial charge is 0.0332 e. The second-order valence-electron chi connectivity index (χ2n) is 3.92. The predicted octanol–water partition coefficient (Wildman–Crippen LogP) is 3.63. The molecule has 0 aliphatic rings. The lowest BCUT2D eigenvalue weighted by molar-refractivity contribution is 0.465. The van der Waals surface area contributed by atoms with Gasteiger partial charge in [0.05, 0.1) is 0 Å². The van der Waals surface area contributed by atoms with Crippen LogP contribution in [0.1, 0.15) is 46.5 Å². The lowest BCUT2D eigenvalue weighted by atomic mass is 9.89. The molecule has 0 saturated heterocycles. The first-order valence-corrected chi connectivity index (χ1v) is 4.20. The zero-order valence-electron chi connectivity index (χ0n) is 7.61. The van der Waals surface area contributed by atoms with E-state index in [0.717, 1.165) is 6.42 Å². The summed E-state index contributed by atoms with van der Waals surface area (Å²) in [4.78, 5) is 0. The van der Waals surface area contributed by atoms with Crippen molar-refractivity contribution in [3.05, 3.63) is 13.3 Å². The summed E-state index contributed by atoms with van der Waals surface area (Å²) >= 11 is 0. The fourth-order valence-corrected chi connectivity index (χ4v) is 0.856. The van der Waals surface area contributed by atoms with E-state index < -0.39 is 0 Å². The van der Waals surface area contributed by atoms with Crippen molar-refractivity contribution in [3.63, 3.8) is 0 Å². The molecule has 0 saturated carbocycles. The Hall–Kier alpha value is 0. The minimum absolute atomic E-state index is 0.404. The van der Waals surface area contributed by atoms with Crippen molar-refractivity contribution in [2.75, 3.05) is 0 Å². The molecule has 10 heavy (non-hydrogen) atoms. The molecule has 0 aliphatic carbocycles. The van der Waals surface area contributed by atoms with Crippen LogP contribution in [0.25, 0.3) is 0 Å². The van der Waals surface area contributed by atoms with E-state index in [9.17, 15) is 0 Å². The van der Waals surface area contributed by atoms with Crippen molar-refractivity contribution in [1.29, 1.82) is 0 Å². The number of rotatable bonds is 4. The summed E-state index contributed by atoms with van der Waals surface area (Å²) in [6.45, 7) is 10.5. The van der Waals surface area contributed by atoms with Gasteiger partial charge in [0.1, 0.15) is 0 Å². The number of hydrogen-bond acceptors (Lipinski definition) is 0. The SMILES string of the molecule is [CH2]CCCC[CH]C(C)(C)C. The van der Waals surface area contributed by atoms with E-state index in [1.807, 2.05) is 0 Å². The van der Waals surface area contributed by atoms with E-state index in [4.69, 9.17) is 0 Å². The fourth-order valence-electron chi connectivity index (χ4n) is 0.856. The van der Waals surface area contributed by atoms with Gasteiger partial charge in [-0.2, -0.15) is 0 Å². The van der Waals surface area contributed by atoms with Crippen LogP contribution in [0.4, 0.5) is 0 Å². The van der Waals surface area contributed by atoms with Crippen LogP contribution >= 0.6 is 0 Å².